The van der Waals surface area contributed by atoms with Crippen LogP contribution in [-0.4, -0.2) is 22.0 Å². The van der Waals surface area contributed by atoms with Crippen LogP contribution in [0.15, 0.2) is 41.0 Å². The molecule has 0 atom stereocenters. The lowest BCUT2D eigenvalue weighted by Crippen LogP contribution is -2.17. The molecule has 0 bridgehead atoms. The van der Waals surface area contributed by atoms with Gasteiger partial charge in [0.1, 0.15) is 5.69 Å². The summed E-state index contributed by atoms with van der Waals surface area (Å²) in [5, 5.41) is 11.7. The third-order valence-electron chi connectivity index (χ3n) is 2.71. The monoisotopic (exact) mass is 334 g/mol. The number of carbonyl (C=O) groups excluding carboxylic acids is 1. The number of carboxylic acid groups (broad SMARTS) is 1. The highest BCUT2D eigenvalue weighted by atomic mass is 79.9. The smallest absolute Gasteiger partial charge is 0.337 e. The molecule has 0 radical (unpaired) electrons. The zero-order valence-electron chi connectivity index (χ0n) is 10.6. The van der Waals surface area contributed by atoms with Crippen molar-refractivity contribution in [1.82, 2.24) is 4.98 Å². The molecule has 0 aliphatic carbocycles. The Balaban J connectivity index is 2.38. The van der Waals surface area contributed by atoms with Crippen molar-refractivity contribution in [2.45, 2.75) is 6.92 Å². The van der Waals surface area contributed by atoms with E-state index in [4.69, 9.17) is 5.11 Å². The minimum absolute atomic E-state index is 0.0151. The maximum atomic E-state index is 12.2. The van der Waals surface area contributed by atoms with Crippen molar-refractivity contribution in [2.75, 3.05) is 5.32 Å². The van der Waals surface area contributed by atoms with E-state index in [1.165, 1.54) is 12.3 Å². The molecule has 0 aliphatic heterocycles. The Morgan fingerprint density at radius 2 is 2.00 bits per heavy atom. The van der Waals surface area contributed by atoms with Crippen LogP contribution in [0, 0.1) is 6.92 Å². The number of aromatic nitrogens is 1. The third-order valence-corrected chi connectivity index (χ3v) is 3.37. The number of carboxylic acids is 1. The summed E-state index contributed by atoms with van der Waals surface area (Å²) in [5.74, 6) is -1.56. The fourth-order valence-corrected chi connectivity index (χ4v) is 2.19. The number of amides is 1. The predicted molar refractivity (Wildman–Crippen MR) is 78.0 cm³/mol. The minimum Gasteiger partial charge on any atom is -0.478 e. The van der Waals surface area contributed by atoms with Crippen LogP contribution in [0.1, 0.15) is 26.4 Å². The van der Waals surface area contributed by atoms with Crippen LogP contribution >= 0.6 is 15.9 Å². The standard InChI is InChI=1S/C14H11BrN2O3/c1-8-4-3-7-16-11(8)13(18)17-12-9(14(19)20)5-2-6-10(12)15/h2-7H,1H3,(H,17,18)(H,19,20). The molecule has 0 spiro atoms. The molecule has 2 N–H and O–H groups in total. The number of anilines is 1. The maximum absolute atomic E-state index is 12.2. The van der Waals surface area contributed by atoms with Crippen molar-refractivity contribution < 1.29 is 14.7 Å². The molecule has 2 aromatic rings. The van der Waals surface area contributed by atoms with Gasteiger partial charge in [-0.2, -0.15) is 0 Å². The highest BCUT2D eigenvalue weighted by Gasteiger charge is 2.17. The number of rotatable bonds is 3. The number of aromatic carboxylic acids is 1. The Morgan fingerprint density at radius 3 is 2.65 bits per heavy atom. The van der Waals surface area contributed by atoms with Gasteiger partial charge in [0.05, 0.1) is 11.3 Å². The second-order valence-electron chi connectivity index (χ2n) is 4.09. The summed E-state index contributed by atoms with van der Waals surface area (Å²) in [6, 6.07) is 8.17. The predicted octanol–water partition coefficient (Wildman–Crippen LogP) is 3.10. The number of benzene rings is 1. The highest BCUT2D eigenvalue weighted by Crippen LogP contribution is 2.27. The molecule has 0 saturated heterocycles. The van der Waals surface area contributed by atoms with Gasteiger partial charge in [-0.05, 0) is 46.6 Å². The van der Waals surface area contributed by atoms with E-state index in [1.54, 1.807) is 31.2 Å². The first-order chi connectivity index (χ1) is 9.50. The van der Waals surface area contributed by atoms with Crippen LogP contribution < -0.4 is 5.32 Å². The Labute approximate surface area is 123 Å². The van der Waals surface area contributed by atoms with E-state index >= 15 is 0 Å². The first kappa shape index (κ1) is 14.2. The Bertz CT molecular complexity index is 686. The SMILES string of the molecule is Cc1cccnc1C(=O)Nc1c(Br)cccc1C(=O)O. The van der Waals surface area contributed by atoms with E-state index in [-0.39, 0.29) is 16.9 Å². The largest absolute Gasteiger partial charge is 0.478 e. The Hall–Kier alpha value is -2.21. The van der Waals surface area contributed by atoms with Gasteiger partial charge in [-0.25, -0.2) is 4.79 Å². The normalized spacial score (nSPS) is 10.1. The lowest BCUT2D eigenvalue weighted by molar-refractivity contribution is 0.0698. The molecular formula is C14H11BrN2O3. The second kappa shape index (κ2) is 5.83. The molecule has 5 nitrogen and oxygen atoms in total. The number of nitrogens with one attached hydrogen (secondary N) is 1. The molecule has 20 heavy (non-hydrogen) atoms. The molecule has 1 amide bonds. The zero-order valence-corrected chi connectivity index (χ0v) is 12.1. The summed E-state index contributed by atoms with van der Waals surface area (Å²) in [6.45, 7) is 1.76. The van der Waals surface area contributed by atoms with Crippen LogP contribution in [0.3, 0.4) is 0 Å². The van der Waals surface area contributed by atoms with E-state index < -0.39 is 11.9 Å². The summed E-state index contributed by atoms with van der Waals surface area (Å²) in [5.41, 5.74) is 1.21. The molecular weight excluding hydrogens is 324 g/mol. The van der Waals surface area contributed by atoms with Crippen LogP contribution in [0.5, 0.6) is 0 Å². The van der Waals surface area contributed by atoms with Crippen LogP contribution in [0.4, 0.5) is 5.69 Å². The number of pyridine rings is 1. The van der Waals surface area contributed by atoms with Gasteiger partial charge in [0.15, 0.2) is 0 Å². The van der Waals surface area contributed by atoms with Gasteiger partial charge in [0.25, 0.3) is 5.91 Å². The summed E-state index contributed by atoms with van der Waals surface area (Å²) >= 11 is 3.24. The number of hydrogen-bond acceptors (Lipinski definition) is 3. The van der Waals surface area contributed by atoms with Crippen LogP contribution in [0.25, 0.3) is 0 Å². The molecule has 1 aromatic heterocycles. The van der Waals surface area contributed by atoms with Crippen molar-refractivity contribution in [3.63, 3.8) is 0 Å². The first-order valence-corrected chi connectivity index (χ1v) is 6.55. The number of aryl methyl sites for hydroxylation is 1. The third kappa shape index (κ3) is 2.85. The van der Waals surface area contributed by atoms with Crippen molar-refractivity contribution in [3.8, 4) is 0 Å². The van der Waals surface area contributed by atoms with Gasteiger partial charge >= 0.3 is 5.97 Å². The van der Waals surface area contributed by atoms with E-state index in [0.29, 0.717) is 10.0 Å². The lowest BCUT2D eigenvalue weighted by Gasteiger charge is -2.11. The minimum atomic E-state index is -1.11. The van der Waals surface area contributed by atoms with E-state index in [0.717, 1.165) is 0 Å². The zero-order chi connectivity index (χ0) is 14.7. The summed E-state index contributed by atoms with van der Waals surface area (Å²) in [4.78, 5) is 27.3. The Kier molecular flexibility index (Phi) is 4.14. The van der Waals surface area contributed by atoms with E-state index in [1.807, 2.05) is 0 Å². The van der Waals surface area contributed by atoms with E-state index in [9.17, 15) is 9.59 Å². The fraction of sp³-hybridized carbons (Fsp3) is 0.0714. The number of halogens is 1. The van der Waals surface area contributed by atoms with Crippen molar-refractivity contribution >= 4 is 33.5 Å². The molecule has 2 rings (SSSR count). The average Bonchev–Trinajstić information content (AvgIpc) is 2.41. The van der Waals surface area contributed by atoms with Gasteiger partial charge in [-0.3, -0.25) is 9.78 Å². The van der Waals surface area contributed by atoms with Crippen molar-refractivity contribution in [3.05, 3.63) is 57.8 Å². The summed E-state index contributed by atoms with van der Waals surface area (Å²) < 4.78 is 0.499. The number of nitrogens with zero attached hydrogens (tertiary/aromatic N) is 1. The molecule has 0 unspecified atom stereocenters. The van der Waals surface area contributed by atoms with Crippen LogP contribution in [-0.2, 0) is 0 Å². The first-order valence-electron chi connectivity index (χ1n) is 5.75. The number of para-hydroxylation sites is 1. The summed E-state index contributed by atoms with van der Waals surface area (Å²) in [6.07, 6.45) is 1.51. The number of carbonyl (C=O) groups is 2. The van der Waals surface area contributed by atoms with Gasteiger partial charge in [-0.15, -0.1) is 0 Å². The highest BCUT2D eigenvalue weighted by molar-refractivity contribution is 9.10. The fourth-order valence-electron chi connectivity index (χ4n) is 1.73. The van der Waals surface area contributed by atoms with Gasteiger partial charge in [0, 0.05) is 10.7 Å². The molecule has 6 heteroatoms. The Morgan fingerprint density at radius 1 is 1.25 bits per heavy atom. The molecule has 0 fully saturated rings. The molecule has 102 valence electrons. The topological polar surface area (TPSA) is 79.3 Å². The second-order valence-corrected chi connectivity index (χ2v) is 4.94. The molecule has 0 saturated carbocycles. The van der Waals surface area contributed by atoms with E-state index in [2.05, 4.69) is 26.2 Å². The van der Waals surface area contributed by atoms with Gasteiger partial charge in [-0.1, -0.05) is 12.1 Å². The molecule has 1 heterocycles. The lowest BCUT2D eigenvalue weighted by atomic mass is 10.1. The van der Waals surface area contributed by atoms with Crippen molar-refractivity contribution in [1.29, 1.82) is 0 Å². The van der Waals surface area contributed by atoms with Crippen molar-refractivity contribution in [2.24, 2.45) is 0 Å². The summed E-state index contributed by atoms with van der Waals surface area (Å²) in [7, 11) is 0. The maximum Gasteiger partial charge on any atom is 0.337 e. The average molecular weight is 335 g/mol. The molecule has 0 aliphatic rings. The van der Waals surface area contributed by atoms with Gasteiger partial charge < -0.3 is 10.4 Å². The van der Waals surface area contributed by atoms with Crippen LogP contribution in [0.2, 0.25) is 0 Å². The quantitative estimate of drug-likeness (QED) is 0.903. The molecule has 1 aromatic carbocycles. The number of hydrogen-bond donors (Lipinski definition) is 2. The van der Waals surface area contributed by atoms with Gasteiger partial charge in [0.2, 0.25) is 0 Å².